The molecule has 0 atom stereocenters. The number of aromatic nitrogens is 2. The topological polar surface area (TPSA) is 74.5 Å². The molecular formula is C25H31N5O2. The van der Waals surface area contributed by atoms with E-state index in [0.717, 1.165) is 39.1 Å². The molecule has 168 valence electrons. The van der Waals surface area contributed by atoms with Crippen molar-refractivity contribution in [1.82, 2.24) is 20.4 Å². The van der Waals surface area contributed by atoms with E-state index in [2.05, 4.69) is 57.3 Å². The molecule has 1 aromatic carbocycles. The zero-order chi connectivity index (χ0) is 22.5. The van der Waals surface area contributed by atoms with Crippen molar-refractivity contribution in [3.05, 3.63) is 65.0 Å². The Morgan fingerprint density at radius 3 is 2.66 bits per heavy atom. The first-order valence-corrected chi connectivity index (χ1v) is 11.2. The monoisotopic (exact) mass is 433 g/mol. The van der Waals surface area contributed by atoms with Crippen molar-refractivity contribution in [2.45, 2.75) is 27.2 Å². The van der Waals surface area contributed by atoms with Gasteiger partial charge in [-0.15, -0.1) is 0 Å². The van der Waals surface area contributed by atoms with Gasteiger partial charge >= 0.3 is 0 Å². The summed E-state index contributed by atoms with van der Waals surface area (Å²) in [5, 5.41) is 7.06. The van der Waals surface area contributed by atoms with E-state index in [1.807, 2.05) is 18.2 Å². The van der Waals surface area contributed by atoms with E-state index < -0.39 is 0 Å². The molecule has 0 spiro atoms. The zero-order valence-corrected chi connectivity index (χ0v) is 19.1. The second kappa shape index (κ2) is 9.96. The molecule has 0 aliphatic carbocycles. The fraction of sp³-hybridized carbons (Fsp3) is 0.400. The van der Waals surface area contributed by atoms with Crippen molar-refractivity contribution >= 4 is 11.6 Å². The summed E-state index contributed by atoms with van der Waals surface area (Å²) < 4.78 is 5.27. The zero-order valence-electron chi connectivity index (χ0n) is 19.1. The number of rotatable bonds is 7. The molecule has 1 aliphatic heterocycles. The van der Waals surface area contributed by atoms with Crippen LogP contribution in [0, 0.1) is 20.8 Å². The highest BCUT2D eigenvalue weighted by atomic mass is 16.5. The van der Waals surface area contributed by atoms with Crippen LogP contribution in [0.25, 0.3) is 11.4 Å². The number of anilines is 1. The van der Waals surface area contributed by atoms with Gasteiger partial charge < -0.3 is 14.7 Å². The number of piperazine rings is 1. The Bertz CT molecular complexity index is 1060. The maximum absolute atomic E-state index is 12.8. The molecule has 0 radical (unpaired) electrons. The van der Waals surface area contributed by atoms with Gasteiger partial charge in [-0.05, 0) is 63.1 Å². The minimum Gasteiger partial charge on any atom is -0.369 e. The third kappa shape index (κ3) is 4.99. The Kier molecular flexibility index (Phi) is 6.85. The number of nitrogens with zero attached hydrogens (tertiary/aromatic N) is 4. The van der Waals surface area contributed by atoms with Gasteiger partial charge in [0, 0.05) is 44.6 Å². The van der Waals surface area contributed by atoms with Gasteiger partial charge in [-0.3, -0.25) is 14.7 Å². The van der Waals surface area contributed by atoms with Gasteiger partial charge in [0.15, 0.2) is 0 Å². The van der Waals surface area contributed by atoms with Crippen LogP contribution in [0.15, 0.2) is 47.1 Å². The predicted octanol–water partition coefficient (Wildman–Crippen LogP) is 3.60. The number of hydrogen-bond acceptors (Lipinski definition) is 6. The maximum atomic E-state index is 12.8. The largest absolute Gasteiger partial charge is 0.369 e. The van der Waals surface area contributed by atoms with Crippen molar-refractivity contribution in [1.29, 1.82) is 0 Å². The summed E-state index contributed by atoms with van der Waals surface area (Å²) in [4.78, 5) is 22.0. The van der Waals surface area contributed by atoms with E-state index in [0.29, 0.717) is 29.3 Å². The molecule has 1 amide bonds. The molecule has 1 saturated heterocycles. The number of hydrogen-bond donors (Lipinski definition) is 1. The van der Waals surface area contributed by atoms with E-state index in [1.165, 1.54) is 16.8 Å². The van der Waals surface area contributed by atoms with Crippen LogP contribution in [0.1, 0.15) is 33.7 Å². The molecule has 3 aromatic rings. The molecular weight excluding hydrogens is 402 g/mol. The predicted molar refractivity (Wildman–Crippen MR) is 126 cm³/mol. The Morgan fingerprint density at radius 1 is 1.09 bits per heavy atom. The number of aryl methyl sites for hydroxylation is 3. The fourth-order valence-electron chi connectivity index (χ4n) is 4.18. The minimum absolute atomic E-state index is 0.163. The average Bonchev–Trinajstić information content (AvgIpc) is 3.21. The molecule has 1 fully saturated rings. The number of amides is 1. The van der Waals surface area contributed by atoms with Crippen LogP contribution in [-0.4, -0.2) is 60.2 Å². The van der Waals surface area contributed by atoms with Crippen molar-refractivity contribution in [2.24, 2.45) is 0 Å². The van der Waals surface area contributed by atoms with Crippen LogP contribution in [0.5, 0.6) is 0 Å². The molecule has 4 rings (SSSR count). The van der Waals surface area contributed by atoms with E-state index in [-0.39, 0.29) is 5.91 Å². The second-order valence-corrected chi connectivity index (χ2v) is 8.41. The first-order valence-electron chi connectivity index (χ1n) is 11.2. The first-order chi connectivity index (χ1) is 15.5. The average molecular weight is 434 g/mol. The molecule has 32 heavy (non-hydrogen) atoms. The summed E-state index contributed by atoms with van der Waals surface area (Å²) in [5.74, 6) is 0.342. The molecule has 1 aliphatic rings. The standard InChI is InChI=1S/C25H31N5O2/c1-18-8-9-19(2)22(17-18)30-15-13-29(14-16-30)12-6-11-27-25(31)23-20(3)32-28-24(23)21-7-4-5-10-26-21/h4-5,7-10,17H,6,11-16H2,1-3H3,(H,27,31). The molecule has 1 N–H and O–H groups in total. The van der Waals surface area contributed by atoms with Gasteiger partial charge in [0.2, 0.25) is 0 Å². The van der Waals surface area contributed by atoms with Crippen LogP contribution >= 0.6 is 0 Å². The number of benzene rings is 1. The maximum Gasteiger partial charge on any atom is 0.257 e. The van der Waals surface area contributed by atoms with Crippen molar-refractivity contribution in [3.8, 4) is 11.4 Å². The first kappa shape index (κ1) is 22.0. The van der Waals surface area contributed by atoms with Crippen molar-refractivity contribution < 1.29 is 9.32 Å². The van der Waals surface area contributed by atoms with Crippen LogP contribution in [0.3, 0.4) is 0 Å². The molecule has 0 bridgehead atoms. The Morgan fingerprint density at radius 2 is 1.91 bits per heavy atom. The van der Waals surface area contributed by atoms with Crippen LogP contribution in [0.4, 0.5) is 5.69 Å². The minimum atomic E-state index is -0.163. The summed E-state index contributed by atoms with van der Waals surface area (Å²) in [6.45, 7) is 11.8. The summed E-state index contributed by atoms with van der Waals surface area (Å²) in [7, 11) is 0. The number of pyridine rings is 1. The lowest BCUT2D eigenvalue weighted by atomic mass is 10.1. The SMILES string of the molecule is Cc1ccc(C)c(N2CCN(CCCNC(=O)c3c(-c4ccccn4)noc3C)CC2)c1. The normalized spacial score (nSPS) is 14.5. The molecule has 3 heterocycles. The van der Waals surface area contributed by atoms with E-state index >= 15 is 0 Å². The highest BCUT2D eigenvalue weighted by Crippen LogP contribution is 2.24. The summed E-state index contributed by atoms with van der Waals surface area (Å²) in [5.41, 5.74) is 5.58. The number of carbonyl (C=O) groups is 1. The summed E-state index contributed by atoms with van der Waals surface area (Å²) in [6, 6.07) is 12.2. The molecule has 7 nitrogen and oxygen atoms in total. The highest BCUT2D eigenvalue weighted by Gasteiger charge is 2.22. The fourth-order valence-corrected chi connectivity index (χ4v) is 4.18. The molecule has 0 unspecified atom stereocenters. The van der Waals surface area contributed by atoms with E-state index in [4.69, 9.17) is 4.52 Å². The lowest BCUT2D eigenvalue weighted by Crippen LogP contribution is -2.47. The van der Waals surface area contributed by atoms with Gasteiger partial charge in [-0.1, -0.05) is 23.4 Å². The smallest absolute Gasteiger partial charge is 0.257 e. The quantitative estimate of drug-likeness (QED) is 0.574. The van der Waals surface area contributed by atoms with Crippen molar-refractivity contribution in [3.63, 3.8) is 0 Å². The molecule has 7 heteroatoms. The summed E-state index contributed by atoms with van der Waals surface area (Å²) >= 11 is 0. The molecule has 2 aromatic heterocycles. The van der Waals surface area contributed by atoms with Gasteiger partial charge in [-0.2, -0.15) is 0 Å². The Hall–Kier alpha value is -3.19. The number of nitrogens with one attached hydrogen (secondary N) is 1. The lowest BCUT2D eigenvalue weighted by Gasteiger charge is -2.37. The highest BCUT2D eigenvalue weighted by molar-refractivity contribution is 6.00. The second-order valence-electron chi connectivity index (χ2n) is 8.41. The third-order valence-electron chi connectivity index (χ3n) is 6.01. The van der Waals surface area contributed by atoms with Gasteiger partial charge in [-0.25, -0.2) is 0 Å². The number of carbonyl (C=O) groups excluding carboxylic acids is 1. The molecule has 0 saturated carbocycles. The van der Waals surface area contributed by atoms with E-state index in [1.54, 1.807) is 13.1 Å². The van der Waals surface area contributed by atoms with Crippen LogP contribution in [-0.2, 0) is 0 Å². The van der Waals surface area contributed by atoms with Gasteiger partial charge in [0.05, 0.1) is 5.69 Å². The van der Waals surface area contributed by atoms with Crippen molar-refractivity contribution in [2.75, 3.05) is 44.2 Å². The lowest BCUT2D eigenvalue weighted by molar-refractivity contribution is 0.0950. The Balaban J connectivity index is 1.24. The van der Waals surface area contributed by atoms with Gasteiger partial charge in [0.25, 0.3) is 5.91 Å². The van der Waals surface area contributed by atoms with Gasteiger partial charge in [0.1, 0.15) is 17.0 Å². The van der Waals surface area contributed by atoms with Crippen LogP contribution < -0.4 is 10.2 Å². The third-order valence-corrected chi connectivity index (χ3v) is 6.01. The van der Waals surface area contributed by atoms with E-state index in [9.17, 15) is 4.79 Å². The van der Waals surface area contributed by atoms with Crippen LogP contribution in [0.2, 0.25) is 0 Å². The summed E-state index contributed by atoms with van der Waals surface area (Å²) in [6.07, 6.45) is 2.58. The Labute approximate surface area is 189 Å².